The first-order chi connectivity index (χ1) is 14.1. The Morgan fingerprint density at radius 3 is 2.80 bits per heavy atom. The van der Waals surface area contributed by atoms with Crippen LogP contribution in [0.4, 0.5) is 5.69 Å². The lowest BCUT2D eigenvalue weighted by atomic mass is 9.95. The van der Waals surface area contributed by atoms with E-state index in [1.54, 1.807) is 0 Å². The van der Waals surface area contributed by atoms with E-state index in [9.17, 15) is 9.59 Å². The Balaban J connectivity index is 0.00000256. The number of rotatable bonds is 5. The van der Waals surface area contributed by atoms with Crippen LogP contribution in [0.5, 0.6) is 0 Å². The molecule has 1 aromatic rings. The van der Waals surface area contributed by atoms with Gasteiger partial charge in [-0.1, -0.05) is 18.2 Å². The van der Waals surface area contributed by atoms with Crippen LogP contribution in [-0.4, -0.2) is 61.5 Å². The van der Waals surface area contributed by atoms with Gasteiger partial charge >= 0.3 is 0 Å². The van der Waals surface area contributed by atoms with E-state index in [0.717, 1.165) is 70.4 Å². The number of carbonyl (C=O) groups excluding carboxylic acids is 2. The maximum absolute atomic E-state index is 13.3. The predicted molar refractivity (Wildman–Crippen MR) is 122 cm³/mol. The number of hydrogen-bond donors (Lipinski definition) is 2. The van der Waals surface area contributed by atoms with Crippen molar-refractivity contribution in [2.45, 2.75) is 57.5 Å². The van der Waals surface area contributed by atoms with Crippen molar-refractivity contribution in [1.29, 1.82) is 0 Å². The lowest BCUT2D eigenvalue weighted by Gasteiger charge is -2.39. The predicted octanol–water partition coefficient (Wildman–Crippen LogP) is 2.36. The molecule has 3 aliphatic heterocycles. The molecule has 7 heteroatoms. The number of hydrogen-bond acceptors (Lipinski definition) is 4. The number of piperidine rings is 1. The van der Waals surface area contributed by atoms with Gasteiger partial charge in [0.05, 0.1) is 12.1 Å². The summed E-state index contributed by atoms with van der Waals surface area (Å²) in [7, 11) is 0. The SMILES string of the molecule is CC(C(=O)N1CCCc2ccccc21)N1CCCC(CNC(=O)C2CCCN2)C1.Cl. The third-order valence-electron chi connectivity index (χ3n) is 6.77. The van der Waals surface area contributed by atoms with Crippen molar-refractivity contribution < 1.29 is 9.59 Å². The van der Waals surface area contributed by atoms with Crippen molar-refractivity contribution in [2.24, 2.45) is 5.92 Å². The zero-order chi connectivity index (χ0) is 20.2. The highest BCUT2D eigenvalue weighted by atomic mass is 35.5. The molecule has 2 amide bonds. The zero-order valence-corrected chi connectivity index (χ0v) is 18.8. The minimum atomic E-state index is -0.129. The Hall–Kier alpha value is -1.63. The number of fused-ring (bicyclic) bond motifs is 1. The van der Waals surface area contributed by atoms with Crippen LogP contribution >= 0.6 is 12.4 Å². The first-order valence-corrected chi connectivity index (χ1v) is 11.3. The molecule has 1 aromatic carbocycles. The minimum Gasteiger partial charge on any atom is -0.354 e. The summed E-state index contributed by atoms with van der Waals surface area (Å²) in [5.74, 6) is 0.753. The Labute approximate surface area is 186 Å². The summed E-state index contributed by atoms with van der Waals surface area (Å²) < 4.78 is 0. The van der Waals surface area contributed by atoms with Crippen LogP contribution in [0, 0.1) is 5.92 Å². The average molecular weight is 435 g/mol. The second-order valence-corrected chi connectivity index (χ2v) is 8.80. The lowest BCUT2D eigenvalue weighted by Crippen LogP contribution is -2.53. The van der Waals surface area contributed by atoms with E-state index in [2.05, 4.69) is 33.7 Å². The molecule has 0 spiro atoms. The van der Waals surface area contributed by atoms with Crippen LogP contribution in [0.3, 0.4) is 0 Å². The molecule has 3 aliphatic rings. The van der Waals surface area contributed by atoms with Crippen LogP contribution < -0.4 is 15.5 Å². The highest BCUT2D eigenvalue weighted by Gasteiger charge is 2.32. The maximum atomic E-state index is 13.3. The smallest absolute Gasteiger partial charge is 0.244 e. The fourth-order valence-corrected chi connectivity index (χ4v) is 5.04. The van der Waals surface area contributed by atoms with Crippen molar-refractivity contribution in [2.75, 3.05) is 37.6 Å². The molecule has 30 heavy (non-hydrogen) atoms. The topological polar surface area (TPSA) is 64.7 Å². The second-order valence-electron chi connectivity index (χ2n) is 8.80. The van der Waals surface area contributed by atoms with Crippen LogP contribution in [0.25, 0.3) is 0 Å². The first-order valence-electron chi connectivity index (χ1n) is 11.3. The van der Waals surface area contributed by atoms with Gasteiger partial charge in [-0.2, -0.15) is 0 Å². The number of nitrogens with zero attached hydrogens (tertiary/aromatic N) is 2. The summed E-state index contributed by atoms with van der Waals surface area (Å²) in [4.78, 5) is 29.9. The number of nitrogens with one attached hydrogen (secondary N) is 2. The zero-order valence-electron chi connectivity index (χ0n) is 17.9. The molecule has 3 unspecified atom stereocenters. The van der Waals surface area contributed by atoms with E-state index in [4.69, 9.17) is 0 Å². The molecule has 166 valence electrons. The van der Waals surface area contributed by atoms with Gasteiger partial charge in [-0.3, -0.25) is 14.5 Å². The van der Waals surface area contributed by atoms with E-state index in [1.807, 2.05) is 17.9 Å². The van der Waals surface area contributed by atoms with Gasteiger partial charge < -0.3 is 15.5 Å². The van der Waals surface area contributed by atoms with Gasteiger partial charge in [-0.15, -0.1) is 12.4 Å². The van der Waals surface area contributed by atoms with E-state index in [1.165, 1.54) is 5.56 Å². The molecule has 4 rings (SSSR count). The molecule has 0 radical (unpaired) electrons. The fraction of sp³-hybridized carbons (Fsp3) is 0.652. The van der Waals surface area contributed by atoms with Crippen molar-refractivity contribution >= 4 is 29.9 Å². The summed E-state index contributed by atoms with van der Waals surface area (Å²) in [6.45, 7) is 6.33. The molecule has 0 bridgehead atoms. The number of likely N-dealkylation sites (tertiary alicyclic amines) is 1. The van der Waals surface area contributed by atoms with Crippen molar-refractivity contribution in [3.63, 3.8) is 0 Å². The van der Waals surface area contributed by atoms with E-state index >= 15 is 0 Å². The van der Waals surface area contributed by atoms with Crippen LogP contribution in [0.15, 0.2) is 24.3 Å². The van der Waals surface area contributed by atoms with Gasteiger partial charge in [-0.25, -0.2) is 0 Å². The third kappa shape index (κ3) is 5.16. The number of aryl methyl sites for hydroxylation is 1. The quantitative estimate of drug-likeness (QED) is 0.746. The van der Waals surface area contributed by atoms with Crippen molar-refractivity contribution in [3.8, 4) is 0 Å². The molecule has 3 heterocycles. The molecule has 2 fully saturated rings. The van der Waals surface area contributed by atoms with E-state index in [-0.39, 0.29) is 36.3 Å². The van der Waals surface area contributed by atoms with Crippen LogP contribution in [0.1, 0.15) is 44.6 Å². The maximum Gasteiger partial charge on any atom is 0.244 e. The van der Waals surface area contributed by atoms with Gasteiger partial charge in [0, 0.05) is 25.3 Å². The van der Waals surface area contributed by atoms with E-state index < -0.39 is 0 Å². The summed E-state index contributed by atoms with van der Waals surface area (Å²) in [5, 5.41) is 6.39. The van der Waals surface area contributed by atoms with Gasteiger partial charge in [-0.05, 0) is 76.1 Å². The monoisotopic (exact) mass is 434 g/mol. The highest BCUT2D eigenvalue weighted by molar-refractivity contribution is 5.98. The molecule has 0 aromatic heterocycles. The summed E-state index contributed by atoms with van der Waals surface area (Å²) in [6.07, 6.45) is 6.29. The summed E-state index contributed by atoms with van der Waals surface area (Å²) in [6, 6.07) is 8.14. The van der Waals surface area contributed by atoms with Gasteiger partial charge in [0.15, 0.2) is 0 Å². The number of halogens is 1. The largest absolute Gasteiger partial charge is 0.354 e. The van der Waals surface area contributed by atoms with Crippen molar-refractivity contribution in [3.05, 3.63) is 29.8 Å². The first kappa shape index (κ1) is 23.0. The molecule has 3 atom stereocenters. The molecule has 2 saturated heterocycles. The molecular weight excluding hydrogens is 400 g/mol. The van der Waals surface area contributed by atoms with E-state index in [0.29, 0.717) is 12.5 Å². The van der Waals surface area contributed by atoms with Crippen LogP contribution in [-0.2, 0) is 16.0 Å². The van der Waals surface area contributed by atoms with Gasteiger partial charge in [0.2, 0.25) is 11.8 Å². The number of amides is 2. The summed E-state index contributed by atoms with van der Waals surface area (Å²) >= 11 is 0. The number of para-hydroxylation sites is 1. The molecule has 6 nitrogen and oxygen atoms in total. The number of anilines is 1. The Morgan fingerprint density at radius 1 is 1.17 bits per heavy atom. The molecule has 2 N–H and O–H groups in total. The van der Waals surface area contributed by atoms with Crippen molar-refractivity contribution in [1.82, 2.24) is 15.5 Å². The summed E-state index contributed by atoms with van der Waals surface area (Å²) in [5.41, 5.74) is 2.36. The second kappa shape index (κ2) is 10.6. The normalized spacial score (nSPS) is 25.2. The van der Waals surface area contributed by atoms with Crippen LogP contribution in [0.2, 0.25) is 0 Å². The lowest BCUT2D eigenvalue weighted by molar-refractivity contribution is -0.125. The Bertz CT molecular complexity index is 738. The minimum absolute atomic E-state index is 0. The molecule has 0 aliphatic carbocycles. The Kier molecular flexibility index (Phi) is 8.14. The molecule has 0 saturated carbocycles. The van der Waals surface area contributed by atoms with Gasteiger partial charge in [0.25, 0.3) is 0 Å². The average Bonchev–Trinajstić information content (AvgIpc) is 3.31. The third-order valence-corrected chi connectivity index (χ3v) is 6.77. The number of benzene rings is 1. The number of carbonyl (C=O) groups is 2. The Morgan fingerprint density at radius 2 is 2.00 bits per heavy atom. The van der Waals surface area contributed by atoms with Gasteiger partial charge in [0.1, 0.15) is 0 Å². The highest BCUT2D eigenvalue weighted by Crippen LogP contribution is 2.28. The fourth-order valence-electron chi connectivity index (χ4n) is 5.04. The molecular formula is C23H35ClN4O2. The standard InChI is InChI=1S/C23H34N4O2.ClH/c1-17(23(29)27-14-6-9-19-8-2-3-11-21(19)27)26-13-5-7-18(16-26)15-25-22(28)20-10-4-12-24-20;/h2-3,8,11,17-18,20,24H,4-7,9-10,12-16H2,1H3,(H,25,28);1H.